The van der Waals surface area contributed by atoms with Gasteiger partial charge in [-0.05, 0) is 55.5 Å². The fraction of sp³-hybridized carbons (Fsp3) is 0.269. The van der Waals surface area contributed by atoms with Crippen LogP contribution in [0, 0.1) is 18.7 Å². The van der Waals surface area contributed by atoms with E-state index in [0.717, 1.165) is 48.1 Å². The summed E-state index contributed by atoms with van der Waals surface area (Å²) >= 11 is 0. The van der Waals surface area contributed by atoms with Gasteiger partial charge in [0.15, 0.2) is 5.65 Å². The van der Waals surface area contributed by atoms with Crippen molar-refractivity contribution in [3.05, 3.63) is 77.7 Å². The van der Waals surface area contributed by atoms with Gasteiger partial charge in [-0.3, -0.25) is 4.79 Å². The number of halogens is 1. The lowest BCUT2D eigenvalue weighted by Crippen LogP contribution is -2.39. The molecule has 1 atom stereocenters. The lowest BCUT2D eigenvalue weighted by molar-refractivity contribution is 0.0677. The number of hydrogen-bond donors (Lipinski definition) is 0. The van der Waals surface area contributed by atoms with Gasteiger partial charge in [0, 0.05) is 18.7 Å². The van der Waals surface area contributed by atoms with Crippen molar-refractivity contribution < 1.29 is 9.18 Å². The number of pyridine rings is 1. The topological polar surface area (TPSA) is 51.0 Å². The Morgan fingerprint density at radius 3 is 2.66 bits per heavy atom. The summed E-state index contributed by atoms with van der Waals surface area (Å²) in [4.78, 5) is 20.0. The van der Waals surface area contributed by atoms with E-state index in [4.69, 9.17) is 10.1 Å². The molecule has 0 saturated carbocycles. The third kappa shape index (κ3) is 3.66. The van der Waals surface area contributed by atoms with Crippen molar-refractivity contribution in [2.24, 2.45) is 5.92 Å². The van der Waals surface area contributed by atoms with Gasteiger partial charge < -0.3 is 4.90 Å². The molecule has 0 spiro atoms. The van der Waals surface area contributed by atoms with Crippen molar-refractivity contribution in [1.82, 2.24) is 19.7 Å². The van der Waals surface area contributed by atoms with Crippen molar-refractivity contribution in [1.29, 1.82) is 0 Å². The Bertz CT molecular complexity index is 1300. The molecule has 0 radical (unpaired) electrons. The molecule has 0 unspecified atom stereocenters. The highest BCUT2D eigenvalue weighted by atomic mass is 19.1. The zero-order valence-electron chi connectivity index (χ0n) is 18.3. The summed E-state index contributed by atoms with van der Waals surface area (Å²) in [7, 11) is 0. The van der Waals surface area contributed by atoms with E-state index in [-0.39, 0.29) is 11.7 Å². The van der Waals surface area contributed by atoms with E-state index in [0.29, 0.717) is 22.9 Å². The number of carbonyl (C=O) groups excluding carboxylic acids is 1. The second kappa shape index (κ2) is 8.19. The summed E-state index contributed by atoms with van der Waals surface area (Å²) in [6.45, 7) is 5.65. The third-order valence-electron chi connectivity index (χ3n) is 6.10. The van der Waals surface area contributed by atoms with Gasteiger partial charge >= 0.3 is 0 Å². The standard InChI is InChI=1S/C26H25FN4O/c1-17-8-7-13-30(16-17)26(32)22-14-18(2)23-24(19-9-4-3-5-10-19)29-31(25(23)28-22)21-12-6-11-20(27)15-21/h3-6,9-12,14-15,17H,7-8,13,16H2,1-2H3/t17-/m0/s1. The number of carbonyl (C=O) groups is 1. The number of hydrogen-bond acceptors (Lipinski definition) is 3. The first-order chi connectivity index (χ1) is 15.5. The average molecular weight is 429 g/mol. The van der Waals surface area contributed by atoms with Gasteiger partial charge in [0.1, 0.15) is 17.2 Å². The maximum absolute atomic E-state index is 14.0. The van der Waals surface area contributed by atoms with Crippen LogP contribution >= 0.6 is 0 Å². The lowest BCUT2D eigenvalue weighted by atomic mass is 9.99. The Balaban J connectivity index is 1.70. The first kappa shape index (κ1) is 20.4. The van der Waals surface area contributed by atoms with Crippen molar-refractivity contribution in [2.75, 3.05) is 13.1 Å². The van der Waals surface area contributed by atoms with E-state index in [9.17, 15) is 9.18 Å². The minimum atomic E-state index is -0.348. The second-order valence-electron chi connectivity index (χ2n) is 8.63. The van der Waals surface area contributed by atoms with Gasteiger partial charge in [-0.25, -0.2) is 14.1 Å². The molecule has 2 aromatic heterocycles. The fourth-order valence-corrected chi connectivity index (χ4v) is 4.53. The molecule has 32 heavy (non-hydrogen) atoms. The number of amides is 1. The van der Waals surface area contributed by atoms with Gasteiger partial charge in [-0.1, -0.05) is 43.3 Å². The molecule has 4 aromatic rings. The summed E-state index contributed by atoms with van der Waals surface area (Å²) in [6.07, 6.45) is 2.15. The monoisotopic (exact) mass is 428 g/mol. The Hall–Kier alpha value is -3.54. The number of aryl methyl sites for hydroxylation is 1. The summed E-state index contributed by atoms with van der Waals surface area (Å²) in [5.41, 5.74) is 4.16. The van der Waals surface area contributed by atoms with Crippen LogP contribution in [-0.2, 0) is 0 Å². The number of piperidine rings is 1. The van der Waals surface area contributed by atoms with E-state index in [1.54, 1.807) is 16.8 Å². The van der Waals surface area contributed by atoms with Gasteiger partial charge in [-0.2, -0.15) is 5.10 Å². The van der Waals surface area contributed by atoms with Crippen LogP contribution in [0.5, 0.6) is 0 Å². The highest BCUT2D eigenvalue weighted by Crippen LogP contribution is 2.32. The molecule has 0 N–H and O–H groups in total. The van der Waals surface area contributed by atoms with Crippen LogP contribution in [0.3, 0.4) is 0 Å². The zero-order chi connectivity index (χ0) is 22.2. The molecular weight excluding hydrogens is 403 g/mol. The maximum Gasteiger partial charge on any atom is 0.272 e. The van der Waals surface area contributed by atoms with Gasteiger partial charge in [0.25, 0.3) is 5.91 Å². The highest BCUT2D eigenvalue weighted by molar-refractivity contribution is 5.99. The van der Waals surface area contributed by atoms with Crippen LogP contribution in [0.15, 0.2) is 60.7 Å². The number of fused-ring (bicyclic) bond motifs is 1. The molecule has 6 heteroatoms. The van der Waals surface area contributed by atoms with Gasteiger partial charge in [-0.15, -0.1) is 0 Å². The molecule has 2 aromatic carbocycles. The van der Waals surface area contributed by atoms with Crippen molar-refractivity contribution in [2.45, 2.75) is 26.7 Å². The molecule has 1 aliphatic heterocycles. The average Bonchev–Trinajstić information content (AvgIpc) is 3.19. The van der Waals surface area contributed by atoms with Crippen molar-refractivity contribution >= 4 is 16.9 Å². The summed E-state index contributed by atoms with van der Waals surface area (Å²) in [5, 5.41) is 5.68. The molecular formula is C26H25FN4O. The van der Waals surface area contributed by atoms with Crippen LogP contribution in [0.2, 0.25) is 0 Å². The predicted molar refractivity (Wildman–Crippen MR) is 123 cm³/mol. The predicted octanol–water partition coefficient (Wildman–Crippen LogP) is 5.41. The number of rotatable bonds is 3. The van der Waals surface area contributed by atoms with Crippen LogP contribution in [-0.4, -0.2) is 38.7 Å². The Morgan fingerprint density at radius 2 is 1.91 bits per heavy atom. The first-order valence-electron chi connectivity index (χ1n) is 11.0. The molecule has 5 rings (SSSR count). The van der Waals surface area contributed by atoms with E-state index >= 15 is 0 Å². The Labute approximate surface area is 186 Å². The van der Waals surface area contributed by atoms with E-state index in [2.05, 4.69) is 6.92 Å². The summed E-state index contributed by atoms with van der Waals surface area (Å²) in [6, 6.07) is 18.0. The summed E-state index contributed by atoms with van der Waals surface area (Å²) < 4.78 is 15.7. The molecule has 0 bridgehead atoms. The zero-order valence-corrected chi connectivity index (χ0v) is 18.3. The van der Waals surface area contributed by atoms with Crippen LogP contribution in [0.4, 0.5) is 4.39 Å². The van der Waals surface area contributed by atoms with Gasteiger partial charge in [0.2, 0.25) is 0 Å². The number of aromatic nitrogens is 3. The minimum Gasteiger partial charge on any atom is -0.337 e. The second-order valence-corrected chi connectivity index (χ2v) is 8.63. The molecule has 1 saturated heterocycles. The van der Waals surface area contributed by atoms with Crippen LogP contribution < -0.4 is 0 Å². The highest BCUT2D eigenvalue weighted by Gasteiger charge is 2.25. The van der Waals surface area contributed by atoms with E-state index in [1.807, 2.05) is 48.2 Å². The Morgan fingerprint density at radius 1 is 1.09 bits per heavy atom. The van der Waals surface area contributed by atoms with E-state index in [1.165, 1.54) is 12.1 Å². The largest absolute Gasteiger partial charge is 0.337 e. The third-order valence-corrected chi connectivity index (χ3v) is 6.10. The van der Waals surface area contributed by atoms with Crippen LogP contribution in [0.25, 0.3) is 28.0 Å². The molecule has 162 valence electrons. The Kier molecular flexibility index (Phi) is 5.21. The van der Waals surface area contributed by atoms with Crippen molar-refractivity contribution in [3.8, 4) is 16.9 Å². The minimum absolute atomic E-state index is 0.0604. The number of benzene rings is 2. The van der Waals surface area contributed by atoms with Crippen LogP contribution in [0.1, 0.15) is 35.8 Å². The number of likely N-dealkylation sites (tertiary alicyclic amines) is 1. The fourth-order valence-electron chi connectivity index (χ4n) is 4.53. The summed E-state index contributed by atoms with van der Waals surface area (Å²) in [5.74, 6) is 0.0773. The lowest BCUT2D eigenvalue weighted by Gasteiger charge is -2.30. The number of nitrogens with zero attached hydrogens (tertiary/aromatic N) is 4. The van der Waals surface area contributed by atoms with Crippen molar-refractivity contribution in [3.63, 3.8) is 0 Å². The SMILES string of the molecule is Cc1cc(C(=O)N2CCC[C@H](C)C2)nc2c1c(-c1ccccc1)nn2-c1cccc(F)c1. The molecule has 1 amide bonds. The quantitative estimate of drug-likeness (QED) is 0.439. The van der Waals surface area contributed by atoms with Gasteiger partial charge in [0.05, 0.1) is 11.1 Å². The molecule has 1 aliphatic rings. The molecule has 3 heterocycles. The molecule has 5 nitrogen and oxygen atoms in total. The molecule has 1 fully saturated rings. The molecule has 0 aliphatic carbocycles. The normalized spacial score (nSPS) is 16.5. The smallest absolute Gasteiger partial charge is 0.272 e. The first-order valence-corrected chi connectivity index (χ1v) is 11.0. The van der Waals surface area contributed by atoms with E-state index < -0.39 is 0 Å². The maximum atomic E-state index is 14.0.